The number of benzene rings is 3. The first kappa shape index (κ1) is 22.2. The molecule has 4 rings (SSSR count). The summed E-state index contributed by atoms with van der Waals surface area (Å²) >= 11 is 11.9. The molecular weight excluding hydrogens is 489 g/mol. The third-order valence-corrected chi connectivity index (χ3v) is 5.37. The van der Waals surface area contributed by atoms with E-state index in [1.165, 1.54) is 12.1 Å². The fourth-order valence-corrected chi connectivity index (χ4v) is 3.83. The Morgan fingerprint density at radius 1 is 0.900 bits per heavy atom. The summed E-state index contributed by atoms with van der Waals surface area (Å²) in [5, 5.41) is 18.4. The molecule has 0 amide bonds. The third-order valence-electron chi connectivity index (χ3n) is 4.80. The first-order valence-corrected chi connectivity index (χ1v) is 9.69. The van der Waals surface area contributed by atoms with E-state index in [0.29, 0.717) is 6.54 Å². The van der Waals surface area contributed by atoms with Gasteiger partial charge < -0.3 is 14.2 Å². The third kappa shape index (κ3) is 4.17. The summed E-state index contributed by atoms with van der Waals surface area (Å²) in [5.74, 6) is -0.506. The maximum absolute atomic E-state index is 12.9. The Labute approximate surface area is 193 Å². The maximum atomic E-state index is 12.9. The second kappa shape index (κ2) is 9.08. The van der Waals surface area contributed by atoms with Crippen LogP contribution in [0.5, 0.6) is 5.75 Å². The van der Waals surface area contributed by atoms with E-state index in [1.54, 1.807) is 4.57 Å². The van der Waals surface area contributed by atoms with Gasteiger partial charge in [-0.2, -0.15) is 0 Å². The van der Waals surface area contributed by atoms with Crippen molar-refractivity contribution in [1.82, 2.24) is 9.13 Å². The molecule has 0 spiro atoms. The average molecular weight is 507 g/mol. The number of halogens is 3. The number of nitrogens with zero attached hydrogens (tertiary/aromatic N) is 2. The molecule has 0 aliphatic heterocycles. The van der Waals surface area contributed by atoms with E-state index in [-0.39, 0.29) is 56.3 Å². The molecule has 0 aliphatic carbocycles. The van der Waals surface area contributed by atoms with E-state index in [2.05, 4.69) is 0 Å². The fraction of sp³-hybridized carbons (Fsp3) is 0.0909. The SMILES string of the molecule is Br.N=c1n(CC(=O)c2cc(Cl)c(O)c(Cl)c2)c2ccccc2n1Cc1ccccc1. The molecule has 154 valence electrons. The number of carbonyl (C=O) groups excluding carboxylic acids is 1. The van der Waals surface area contributed by atoms with Crippen molar-refractivity contribution >= 4 is 57.0 Å². The molecule has 1 aromatic heterocycles. The highest BCUT2D eigenvalue weighted by molar-refractivity contribution is 8.93. The zero-order valence-corrected chi connectivity index (χ0v) is 18.9. The summed E-state index contributed by atoms with van der Waals surface area (Å²) in [7, 11) is 0. The van der Waals surface area contributed by atoms with Crippen LogP contribution in [-0.4, -0.2) is 20.0 Å². The molecule has 1 heterocycles. The van der Waals surface area contributed by atoms with Crippen LogP contribution in [0.4, 0.5) is 0 Å². The Bertz CT molecular complexity index is 1260. The summed E-state index contributed by atoms with van der Waals surface area (Å²) in [6, 6.07) is 20.3. The highest BCUT2D eigenvalue weighted by Gasteiger charge is 2.17. The van der Waals surface area contributed by atoms with Crippen LogP contribution in [-0.2, 0) is 13.1 Å². The molecule has 30 heavy (non-hydrogen) atoms. The minimum Gasteiger partial charge on any atom is -0.505 e. The van der Waals surface area contributed by atoms with Crippen molar-refractivity contribution in [3.8, 4) is 5.75 Å². The number of ketones is 1. The van der Waals surface area contributed by atoms with Crippen molar-refractivity contribution in [3.05, 3.63) is 93.5 Å². The fourth-order valence-electron chi connectivity index (χ4n) is 3.34. The summed E-state index contributed by atoms with van der Waals surface area (Å²) < 4.78 is 3.53. The zero-order valence-electron chi connectivity index (χ0n) is 15.7. The van der Waals surface area contributed by atoms with Crippen LogP contribution < -0.4 is 5.62 Å². The predicted octanol–water partition coefficient (Wildman–Crippen LogP) is 5.44. The lowest BCUT2D eigenvalue weighted by Gasteiger charge is -2.07. The standard InChI is InChI=1S/C22H17Cl2N3O2.BrH/c23-16-10-15(11-17(24)21(16)29)20(28)13-27-19-9-5-4-8-18(19)26(22(27)25)12-14-6-2-1-3-7-14;/h1-11,25,29H,12-13H2;1H. The second-order valence-corrected chi connectivity index (χ2v) is 7.50. The number of phenolic OH excluding ortho intramolecular Hbond substituents is 1. The van der Waals surface area contributed by atoms with Crippen LogP contribution in [0, 0.1) is 5.41 Å². The Morgan fingerprint density at radius 3 is 2.03 bits per heavy atom. The van der Waals surface area contributed by atoms with Gasteiger partial charge >= 0.3 is 0 Å². The minimum absolute atomic E-state index is 0. The number of hydrogen-bond donors (Lipinski definition) is 2. The summed E-state index contributed by atoms with van der Waals surface area (Å²) in [6.45, 7) is 0.483. The van der Waals surface area contributed by atoms with Gasteiger partial charge in [-0.1, -0.05) is 65.7 Å². The van der Waals surface area contributed by atoms with Gasteiger partial charge in [0.1, 0.15) is 0 Å². The molecule has 0 saturated heterocycles. The average Bonchev–Trinajstić information content (AvgIpc) is 2.98. The summed E-state index contributed by atoms with van der Waals surface area (Å²) in [4.78, 5) is 12.9. The maximum Gasteiger partial charge on any atom is 0.203 e. The molecule has 4 aromatic rings. The molecule has 0 aliphatic rings. The van der Waals surface area contributed by atoms with Gasteiger partial charge in [0.2, 0.25) is 5.62 Å². The topological polar surface area (TPSA) is 71.0 Å². The van der Waals surface area contributed by atoms with E-state index < -0.39 is 0 Å². The first-order valence-electron chi connectivity index (χ1n) is 8.93. The van der Waals surface area contributed by atoms with E-state index in [1.807, 2.05) is 59.2 Å². The number of aromatic hydroxyl groups is 1. The molecule has 0 fully saturated rings. The van der Waals surface area contributed by atoms with Gasteiger partial charge in [0.25, 0.3) is 0 Å². The number of rotatable bonds is 5. The largest absolute Gasteiger partial charge is 0.505 e. The highest BCUT2D eigenvalue weighted by atomic mass is 79.9. The van der Waals surface area contributed by atoms with Crippen LogP contribution >= 0.6 is 40.2 Å². The first-order chi connectivity index (χ1) is 14.0. The van der Waals surface area contributed by atoms with E-state index >= 15 is 0 Å². The molecule has 0 atom stereocenters. The van der Waals surface area contributed by atoms with Crippen LogP contribution in [0.25, 0.3) is 11.0 Å². The monoisotopic (exact) mass is 505 g/mol. The number of nitrogens with one attached hydrogen (secondary N) is 1. The van der Waals surface area contributed by atoms with Gasteiger partial charge in [-0.05, 0) is 29.8 Å². The summed E-state index contributed by atoms with van der Waals surface area (Å²) in [5.41, 5.74) is 3.23. The number of hydrogen-bond acceptors (Lipinski definition) is 3. The highest BCUT2D eigenvalue weighted by Crippen LogP contribution is 2.33. The normalized spacial score (nSPS) is 10.7. The van der Waals surface area contributed by atoms with Crippen LogP contribution in [0.3, 0.4) is 0 Å². The predicted molar refractivity (Wildman–Crippen MR) is 124 cm³/mol. The number of imidazole rings is 1. The Morgan fingerprint density at radius 2 is 1.43 bits per heavy atom. The van der Waals surface area contributed by atoms with Gasteiger partial charge in [0.05, 0.1) is 34.2 Å². The quantitative estimate of drug-likeness (QED) is 0.353. The van der Waals surface area contributed by atoms with Gasteiger partial charge in [-0.3, -0.25) is 10.2 Å². The number of carbonyl (C=O) groups is 1. The van der Waals surface area contributed by atoms with E-state index in [4.69, 9.17) is 28.6 Å². The van der Waals surface area contributed by atoms with E-state index in [0.717, 1.165) is 16.6 Å². The second-order valence-electron chi connectivity index (χ2n) is 6.68. The molecule has 8 heteroatoms. The van der Waals surface area contributed by atoms with Gasteiger partial charge in [-0.15, -0.1) is 17.0 Å². The molecule has 0 saturated carbocycles. The minimum atomic E-state index is -0.255. The molecular formula is C22H18BrCl2N3O2. The summed E-state index contributed by atoms with van der Waals surface area (Å²) in [6.07, 6.45) is 0. The lowest BCUT2D eigenvalue weighted by molar-refractivity contribution is 0.0971. The number of Topliss-reactive ketones (excluding diaryl/α,β-unsaturated/α-hetero) is 1. The van der Waals surface area contributed by atoms with Crippen molar-refractivity contribution < 1.29 is 9.90 Å². The number of fused-ring (bicyclic) bond motifs is 1. The van der Waals surface area contributed by atoms with Crippen molar-refractivity contribution in [2.45, 2.75) is 13.1 Å². The Kier molecular flexibility index (Phi) is 6.71. The van der Waals surface area contributed by atoms with Crippen LogP contribution in [0.2, 0.25) is 10.0 Å². The Hall–Kier alpha value is -2.54. The number of aromatic nitrogens is 2. The van der Waals surface area contributed by atoms with Gasteiger partial charge in [0.15, 0.2) is 11.5 Å². The van der Waals surface area contributed by atoms with Crippen LogP contribution in [0.15, 0.2) is 66.7 Å². The van der Waals surface area contributed by atoms with Crippen LogP contribution in [0.1, 0.15) is 15.9 Å². The zero-order chi connectivity index (χ0) is 20.5. The Balaban J connectivity index is 0.00000256. The smallest absolute Gasteiger partial charge is 0.203 e. The van der Waals surface area contributed by atoms with Crippen molar-refractivity contribution in [1.29, 1.82) is 5.41 Å². The molecule has 0 unspecified atom stereocenters. The van der Waals surface area contributed by atoms with Crippen molar-refractivity contribution in [2.24, 2.45) is 0 Å². The number of para-hydroxylation sites is 2. The van der Waals surface area contributed by atoms with Crippen molar-refractivity contribution in [2.75, 3.05) is 0 Å². The lowest BCUT2D eigenvalue weighted by atomic mass is 10.1. The molecule has 3 aromatic carbocycles. The van der Waals surface area contributed by atoms with Crippen molar-refractivity contribution in [3.63, 3.8) is 0 Å². The lowest BCUT2D eigenvalue weighted by Crippen LogP contribution is -2.27. The van der Waals surface area contributed by atoms with Gasteiger partial charge in [-0.25, -0.2) is 0 Å². The van der Waals surface area contributed by atoms with E-state index in [9.17, 15) is 9.90 Å². The molecule has 2 N–H and O–H groups in total. The molecule has 0 bridgehead atoms. The van der Waals surface area contributed by atoms with Gasteiger partial charge in [0, 0.05) is 5.56 Å². The molecule has 5 nitrogen and oxygen atoms in total. The number of phenols is 1. The molecule has 0 radical (unpaired) electrons.